The standard InChI is InChI=1S/C11H17NO5/c13-9(2-1-3-10(14)15)12-6-4-8(5-7-12)11(16)17/h8H,1-7H2,(H,14,15)(H,16,17). The van der Waals surface area contributed by atoms with Crippen molar-refractivity contribution in [2.24, 2.45) is 5.92 Å². The summed E-state index contributed by atoms with van der Waals surface area (Å²) in [4.78, 5) is 34.3. The van der Waals surface area contributed by atoms with Gasteiger partial charge in [-0.2, -0.15) is 0 Å². The Morgan fingerprint density at radius 1 is 1.06 bits per heavy atom. The highest BCUT2D eigenvalue weighted by molar-refractivity contribution is 5.77. The van der Waals surface area contributed by atoms with E-state index in [0.717, 1.165) is 0 Å². The molecule has 17 heavy (non-hydrogen) atoms. The number of carbonyl (C=O) groups is 3. The lowest BCUT2D eigenvalue weighted by atomic mass is 9.97. The van der Waals surface area contributed by atoms with Crippen LogP contribution in [-0.2, 0) is 14.4 Å². The molecule has 0 aromatic carbocycles. The normalized spacial score (nSPS) is 16.8. The van der Waals surface area contributed by atoms with Crippen LogP contribution in [0.15, 0.2) is 0 Å². The molecular formula is C11H17NO5. The molecule has 2 N–H and O–H groups in total. The Morgan fingerprint density at radius 2 is 1.65 bits per heavy atom. The number of hydrogen-bond donors (Lipinski definition) is 2. The Balaban J connectivity index is 2.26. The molecule has 6 nitrogen and oxygen atoms in total. The van der Waals surface area contributed by atoms with E-state index < -0.39 is 11.9 Å². The van der Waals surface area contributed by atoms with Crippen molar-refractivity contribution >= 4 is 17.8 Å². The first kappa shape index (κ1) is 13.5. The number of carbonyl (C=O) groups excluding carboxylic acids is 1. The molecule has 1 heterocycles. The van der Waals surface area contributed by atoms with Crippen LogP contribution in [0.1, 0.15) is 32.1 Å². The fraction of sp³-hybridized carbons (Fsp3) is 0.727. The number of carboxylic acids is 2. The van der Waals surface area contributed by atoms with Crippen LogP contribution in [0.25, 0.3) is 0 Å². The lowest BCUT2D eigenvalue weighted by Gasteiger charge is -2.30. The van der Waals surface area contributed by atoms with Crippen LogP contribution in [0.3, 0.4) is 0 Å². The summed E-state index contributed by atoms with van der Waals surface area (Å²) in [7, 11) is 0. The van der Waals surface area contributed by atoms with Gasteiger partial charge in [0.2, 0.25) is 5.91 Å². The van der Waals surface area contributed by atoms with E-state index in [9.17, 15) is 14.4 Å². The molecule has 1 rings (SSSR count). The minimum atomic E-state index is -0.901. The smallest absolute Gasteiger partial charge is 0.306 e. The summed E-state index contributed by atoms with van der Waals surface area (Å²) >= 11 is 0. The second-order valence-corrected chi connectivity index (χ2v) is 4.24. The SMILES string of the molecule is O=C(O)CCCC(=O)N1CCC(C(=O)O)CC1. The number of likely N-dealkylation sites (tertiary alicyclic amines) is 1. The molecule has 0 unspecified atom stereocenters. The van der Waals surface area contributed by atoms with E-state index in [1.807, 2.05) is 0 Å². The van der Waals surface area contributed by atoms with Crippen LogP contribution in [0.4, 0.5) is 0 Å². The largest absolute Gasteiger partial charge is 0.481 e. The minimum Gasteiger partial charge on any atom is -0.481 e. The highest BCUT2D eigenvalue weighted by atomic mass is 16.4. The number of hydrogen-bond acceptors (Lipinski definition) is 3. The van der Waals surface area contributed by atoms with Gasteiger partial charge in [0.15, 0.2) is 0 Å². The maximum atomic E-state index is 11.6. The van der Waals surface area contributed by atoms with Crippen molar-refractivity contribution in [2.45, 2.75) is 32.1 Å². The molecule has 6 heteroatoms. The molecule has 1 amide bonds. The van der Waals surface area contributed by atoms with Crippen LogP contribution in [0.2, 0.25) is 0 Å². The fourth-order valence-corrected chi connectivity index (χ4v) is 1.92. The van der Waals surface area contributed by atoms with Gasteiger partial charge in [0, 0.05) is 25.9 Å². The molecule has 1 saturated heterocycles. The summed E-state index contributed by atoms with van der Waals surface area (Å²) in [6, 6.07) is 0. The van der Waals surface area contributed by atoms with Crippen LogP contribution in [-0.4, -0.2) is 46.0 Å². The van der Waals surface area contributed by atoms with Gasteiger partial charge >= 0.3 is 11.9 Å². The van der Waals surface area contributed by atoms with Crippen molar-refractivity contribution < 1.29 is 24.6 Å². The zero-order valence-electron chi connectivity index (χ0n) is 9.59. The van der Waals surface area contributed by atoms with E-state index >= 15 is 0 Å². The third kappa shape index (κ3) is 4.42. The summed E-state index contributed by atoms with van der Waals surface area (Å²) in [5, 5.41) is 17.2. The summed E-state index contributed by atoms with van der Waals surface area (Å²) in [5.41, 5.74) is 0. The van der Waals surface area contributed by atoms with Crippen molar-refractivity contribution in [3.8, 4) is 0 Å². The summed E-state index contributed by atoms with van der Waals surface area (Å²) in [5.74, 6) is -2.13. The Hall–Kier alpha value is -1.59. The Morgan fingerprint density at radius 3 is 2.12 bits per heavy atom. The summed E-state index contributed by atoms with van der Waals surface area (Å²) < 4.78 is 0. The first-order valence-electron chi connectivity index (χ1n) is 5.73. The number of aliphatic carboxylic acids is 2. The Kier molecular flexibility index (Phi) is 4.93. The molecule has 0 atom stereocenters. The van der Waals surface area contributed by atoms with E-state index in [4.69, 9.17) is 10.2 Å². The minimum absolute atomic E-state index is 0.00265. The highest BCUT2D eigenvalue weighted by Crippen LogP contribution is 2.18. The Labute approximate surface area is 99.2 Å². The highest BCUT2D eigenvalue weighted by Gasteiger charge is 2.26. The van der Waals surface area contributed by atoms with Gasteiger partial charge in [0.1, 0.15) is 0 Å². The maximum Gasteiger partial charge on any atom is 0.306 e. The lowest BCUT2D eigenvalue weighted by molar-refractivity contribution is -0.146. The molecule has 0 bridgehead atoms. The van der Waals surface area contributed by atoms with E-state index in [1.54, 1.807) is 4.90 Å². The molecule has 0 spiro atoms. The van der Waals surface area contributed by atoms with Gasteiger partial charge in [-0.25, -0.2) is 0 Å². The second-order valence-electron chi connectivity index (χ2n) is 4.24. The third-order valence-electron chi connectivity index (χ3n) is 2.98. The zero-order valence-corrected chi connectivity index (χ0v) is 9.59. The molecular weight excluding hydrogens is 226 g/mol. The first-order valence-corrected chi connectivity index (χ1v) is 5.73. The van der Waals surface area contributed by atoms with Gasteiger partial charge in [0.05, 0.1) is 5.92 Å². The monoisotopic (exact) mass is 243 g/mol. The van der Waals surface area contributed by atoms with Crippen LogP contribution >= 0.6 is 0 Å². The number of piperidine rings is 1. The van der Waals surface area contributed by atoms with E-state index in [2.05, 4.69) is 0 Å². The molecule has 1 aliphatic rings. The average molecular weight is 243 g/mol. The average Bonchev–Trinajstić information content (AvgIpc) is 2.28. The van der Waals surface area contributed by atoms with Crippen LogP contribution in [0.5, 0.6) is 0 Å². The van der Waals surface area contributed by atoms with Gasteiger partial charge < -0.3 is 15.1 Å². The van der Waals surface area contributed by atoms with Gasteiger partial charge in [-0.05, 0) is 19.3 Å². The molecule has 0 aromatic rings. The van der Waals surface area contributed by atoms with Crippen molar-refractivity contribution in [1.82, 2.24) is 4.90 Å². The van der Waals surface area contributed by atoms with Crippen molar-refractivity contribution in [2.75, 3.05) is 13.1 Å². The van der Waals surface area contributed by atoms with Gasteiger partial charge in [0.25, 0.3) is 0 Å². The third-order valence-corrected chi connectivity index (χ3v) is 2.98. The maximum absolute atomic E-state index is 11.6. The van der Waals surface area contributed by atoms with Crippen LogP contribution < -0.4 is 0 Å². The fourth-order valence-electron chi connectivity index (χ4n) is 1.92. The van der Waals surface area contributed by atoms with E-state index in [1.165, 1.54) is 0 Å². The van der Waals surface area contributed by atoms with E-state index in [-0.39, 0.29) is 24.7 Å². The lowest BCUT2D eigenvalue weighted by Crippen LogP contribution is -2.40. The second kappa shape index (κ2) is 6.22. The Bertz CT molecular complexity index is 307. The molecule has 0 radical (unpaired) electrons. The number of amides is 1. The van der Waals surface area contributed by atoms with Crippen molar-refractivity contribution in [1.29, 1.82) is 0 Å². The number of rotatable bonds is 5. The summed E-state index contributed by atoms with van der Waals surface area (Å²) in [6.45, 7) is 0.922. The number of carboxylic acid groups (broad SMARTS) is 2. The molecule has 1 fully saturated rings. The van der Waals surface area contributed by atoms with E-state index in [0.29, 0.717) is 32.4 Å². The molecule has 0 saturated carbocycles. The predicted molar refractivity (Wildman–Crippen MR) is 58.4 cm³/mol. The van der Waals surface area contributed by atoms with Crippen molar-refractivity contribution in [3.63, 3.8) is 0 Å². The van der Waals surface area contributed by atoms with Gasteiger partial charge in [-0.3, -0.25) is 14.4 Å². The first-order chi connectivity index (χ1) is 8.00. The van der Waals surface area contributed by atoms with Gasteiger partial charge in [-0.15, -0.1) is 0 Å². The number of nitrogens with zero attached hydrogens (tertiary/aromatic N) is 1. The van der Waals surface area contributed by atoms with Crippen LogP contribution in [0, 0.1) is 5.92 Å². The molecule has 0 aliphatic carbocycles. The predicted octanol–water partition coefficient (Wildman–Crippen LogP) is 0.565. The van der Waals surface area contributed by atoms with Gasteiger partial charge in [-0.1, -0.05) is 0 Å². The van der Waals surface area contributed by atoms with Crippen molar-refractivity contribution in [3.05, 3.63) is 0 Å². The zero-order chi connectivity index (χ0) is 12.8. The molecule has 96 valence electrons. The molecule has 0 aromatic heterocycles. The quantitative estimate of drug-likeness (QED) is 0.735. The molecule has 1 aliphatic heterocycles. The topological polar surface area (TPSA) is 94.9 Å². The summed E-state index contributed by atoms with van der Waals surface area (Å²) in [6.07, 6.45) is 1.54.